The Morgan fingerprint density at radius 2 is 1.82 bits per heavy atom. The molecule has 2 saturated heterocycles. The summed E-state index contributed by atoms with van der Waals surface area (Å²) in [6.07, 6.45) is 7.22. The van der Waals surface area contributed by atoms with Crippen molar-refractivity contribution in [3.63, 3.8) is 0 Å². The number of carbonyl (C=O) groups excluding carboxylic acids is 2. The third-order valence-corrected chi connectivity index (χ3v) is 4.18. The van der Waals surface area contributed by atoms with E-state index < -0.39 is 11.8 Å². The fourth-order valence-electron chi connectivity index (χ4n) is 3.04. The van der Waals surface area contributed by atoms with Crippen LogP contribution in [0, 0.1) is 0 Å². The van der Waals surface area contributed by atoms with E-state index >= 15 is 0 Å². The van der Waals surface area contributed by atoms with Gasteiger partial charge in [0.05, 0.1) is 0 Å². The van der Waals surface area contributed by atoms with Crippen LogP contribution >= 0.6 is 0 Å². The van der Waals surface area contributed by atoms with Crippen molar-refractivity contribution < 1.29 is 9.59 Å². The number of hydrogen-bond donors (Lipinski definition) is 1. The molecule has 22 heavy (non-hydrogen) atoms. The quantitative estimate of drug-likeness (QED) is 0.789. The second-order valence-electron chi connectivity index (χ2n) is 5.81. The fourth-order valence-corrected chi connectivity index (χ4v) is 3.04. The summed E-state index contributed by atoms with van der Waals surface area (Å²) in [4.78, 5) is 36.3. The van der Waals surface area contributed by atoms with E-state index in [1.165, 1.54) is 0 Å². The number of hydrogen-bond acceptors (Lipinski definition) is 5. The number of piperidine rings is 1. The van der Waals surface area contributed by atoms with Gasteiger partial charge in [0.25, 0.3) is 0 Å². The number of nitrogens with zero attached hydrogens (tertiary/aromatic N) is 4. The van der Waals surface area contributed by atoms with Crippen LogP contribution in [0.4, 0.5) is 5.95 Å². The highest BCUT2D eigenvalue weighted by molar-refractivity contribution is 6.35. The topological polar surface area (TPSA) is 78.4 Å². The smallest absolute Gasteiger partial charge is 0.311 e. The van der Waals surface area contributed by atoms with E-state index in [-0.39, 0.29) is 6.04 Å². The standard InChI is InChI=1S/C15H21N5O2/c21-13(14(22)19-8-1-2-9-19)18-12-5-3-10-20(11-12)15-16-6-4-7-17-15/h4,6-7,12H,1-3,5,8-11H2,(H,18,21)/t12-/m0/s1. The minimum absolute atomic E-state index is 0.0309. The number of nitrogens with one attached hydrogen (secondary N) is 1. The Hall–Kier alpha value is -2.18. The first-order valence-corrected chi connectivity index (χ1v) is 7.86. The number of carbonyl (C=O) groups is 2. The molecular weight excluding hydrogens is 282 g/mol. The molecule has 0 aromatic carbocycles. The molecule has 2 amide bonds. The largest absolute Gasteiger partial charge is 0.343 e. The molecule has 1 aromatic heterocycles. The first-order valence-electron chi connectivity index (χ1n) is 7.86. The second-order valence-corrected chi connectivity index (χ2v) is 5.81. The van der Waals surface area contributed by atoms with Crippen molar-refractivity contribution in [2.45, 2.75) is 31.7 Å². The predicted molar refractivity (Wildman–Crippen MR) is 81.2 cm³/mol. The van der Waals surface area contributed by atoms with Crippen LogP contribution in [0.15, 0.2) is 18.5 Å². The Morgan fingerprint density at radius 1 is 1.09 bits per heavy atom. The van der Waals surface area contributed by atoms with Crippen molar-refractivity contribution in [3.8, 4) is 0 Å². The first kappa shape index (κ1) is 14.7. The van der Waals surface area contributed by atoms with Crippen molar-refractivity contribution in [3.05, 3.63) is 18.5 Å². The number of likely N-dealkylation sites (tertiary alicyclic amines) is 1. The molecule has 1 N–H and O–H groups in total. The van der Waals surface area contributed by atoms with Gasteiger partial charge < -0.3 is 15.1 Å². The lowest BCUT2D eigenvalue weighted by Crippen LogP contribution is -2.52. The molecule has 1 aromatic rings. The maximum Gasteiger partial charge on any atom is 0.311 e. The summed E-state index contributed by atoms with van der Waals surface area (Å²) in [6.45, 7) is 2.90. The van der Waals surface area contributed by atoms with E-state index in [9.17, 15) is 9.59 Å². The summed E-state index contributed by atoms with van der Waals surface area (Å²) < 4.78 is 0. The van der Waals surface area contributed by atoms with Gasteiger partial charge in [-0.1, -0.05) is 0 Å². The highest BCUT2D eigenvalue weighted by Crippen LogP contribution is 2.15. The summed E-state index contributed by atoms with van der Waals surface area (Å²) in [7, 11) is 0. The van der Waals surface area contributed by atoms with Crippen LogP contribution in [0.25, 0.3) is 0 Å². The molecule has 0 aliphatic carbocycles. The van der Waals surface area contributed by atoms with Gasteiger partial charge in [0.1, 0.15) is 0 Å². The van der Waals surface area contributed by atoms with Crippen LogP contribution in [0.1, 0.15) is 25.7 Å². The molecule has 2 aliphatic rings. The first-order chi connectivity index (χ1) is 10.7. The zero-order chi connectivity index (χ0) is 15.4. The average Bonchev–Trinajstić information content (AvgIpc) is 3.09. The Bertz CT molecular complexity index is 530. The second kappa shape index (κ2) is 6.72. The van der Waals surface area contributed by atoms with Gasteiger partial charge in [-0.2, -0.15) is 0 Å². The zero-order valence-corrected chi connectivity index (χ0v) is 12.6. The van der Waals surface area contributed by atoms with Gasteiger partial charge in [-0.15, -0.1) is 0 Å². The molecule has 0 spiro atoms. The van der Waals surface area contributed by atoms with Crippen molar-refractivity contribution in [2.75, 3.05) is 31.1 Å². The minimum atomic E-state index is -0.484. The molecule has 0 saturated carbocycles. The Balaban J connectivity index is 1.56. The van der Waals surface area contributed by atoms with Crippen molar-refractivity contribution in [1.29, 1.82) is 0 Å². The van der Waals surface area contributed by atoms with Crippen molar-refractivity contribution >= 4 is 17.8 Å². The molecule has 2 fully saturated rings. The van der Waals surface area contributed by atoms with Crippen molar-refractivity contribution in [2.24, 2.45) is 0 Å². The van der Waals surface area contributed by atoms with Crippen LogP contribution in [0.2, 0.25) is 0 Å². The number of amides is 2. The fraction of sp³-hybridized carbons (Fsp3) is 0.600. The monoisotopic (exact) mass is 303 g/mol. The molecule has 118 valence electrons. The summed E-state index contributed by atoms with van der Waals surface area (Å²) in [6, 6.07) is 1.75. The normalized spacial score (nSPS) is 21.7. The molecule has 1 atom stereocenters. The predicted octanol–water partition coefficient (Wildman–Crippen LogP) is 0.184. The molecule has 3 heterocycles. The zero-order valence-electron chi connectivity index (χ0n) is 12.6. The minimum Gasteiger partial charge on any atom is -0.343 e. The molecule has 7 nitrogen and oxygen atoms in total. The van der Waals surface area contributed by atoms with E-state index in [0.29, 0.717) is 25.6 Å². The van der Waals surface area contributed by atoms with E-state index in [4.69, 9.17) is 0 Å². The van der Waals surface area contributed by atoms with E-state index in [0.717, 1.165) is 32.2 Å². The third kappa shape index (κ3) is 3.35. The third-order valence-electron chi connectivity index (χ3n) is 4.18. The van der Waals surface area contributed by atoms with Crippen LogP contribution < -0.4 is 10.2 Å². The Labute approximate surface area is 129 Å². The van der Waals surface area contributed by atoms with Crippen LogP contribution in [-0.2, 0) is 9.59 Å². The van der Waals surface area contributed by atoms with Gasteiger partial charge in [0.2, 0.25) is 5.95 Å². The molecule has 0 radical (unpaired) electrons. The van der Waals surface area contributed by atoms with Crippen LogP contribution in [-0.4, -0.2) is 58.9 Å². The molecule has 0 bridgehead atoms. The Morgan fingerprint density at radius 3 is 2.55 bits per heavy atom. The number of rotatable bonds is 2. The van der Waals surface area contributed by atoms with Gasteiger partial charge in [-0.25, -0.2) is 9.97 Å². The molecular formula is C15H21N5O2. The lowest BCUT2D eigenvalue weighted by Gasteiger charge is -2.33. The van der Waals surface area contributed by atoms with Crippen LogP contribution in [0.5, 0.6) is 0 Å². The maximum absolute atomic E-state index is 12.1. The molecule has 7 heteroatoms. The number of anilines is 1. The van der Waals surface area contributed by atoms with Gasteiger partial charge in [-0.3, -0.25) is 9.59 Å². The van der Waals surface area contributed by atoms with Gasteiger partial charge >= 0.3 is 11.8 Å². The SMILES string of the molecule is O=C(N[C@H]1CCCN(c2ncccn2)C1)C(=O)N1CCCC1. The van der Waals surface area contributed by atoms with E-state index in [1.54, 1.807) is 23.4 Å². The van der Waals surface area contributed by atoms with Crippen LogP contribution in [0.3, 0.4) is 0 Å². The summed E-state index contributed by atoms with van der Waals surface area (Å²) in [5.74, 6) is -0.208. The van der Waals surface area contributed by atoms with E-state index in [2.05, 4.69) is 20.2 Å². The molecule has 2 aliphatic heterocycles. The average molecular weight is 303 g/mol. The van der Waals surface area contributed by atoms with Gasteiger partial charge in [-0.05, 0) is 31.7 Å². The van der Waals surface area contributed by atoms with Crippen molar-refractivity contribution in [1.82, 2.24) is 20.2 Å². The molecule has 0 unspecified atom stereocenters. The molecule has 3 rings (SSSR count). The van der Waals surface area contributed by atoms with E-state index in [1.807, 2.05) is 0 Å². The van der Waals surface area contributed by atoms with Gasteiger partial charge in [0, 0.05) is 44.6 Å². The summed E-state index contributed by atoms with van der Waals surface area (Å²) in [5, 5.41) is 2.87. The Kier molecular flexibility index (Phi) is 4.50. The lowest BCUT2D eigenvalue weighted by molar-refractivity contribution is -0.145. The van der Waals surface area contributed by atoms with Gasteiger partial charge in [0.15, 0.2) is 0 Å². The maximum atomic E-state index is 12.1. The highest BCUT2D eigenvalue weighted by atomic mass is 16.2. The lowest BCUT2D eigenvalue weighted by atomic mass is 10.1. The number of aromatic nitrogens is 2. The highest BCUT2D eigenvalue weighted by Gasteiger charge is 2.28. The summed E-state index contributed by atoms with van der Waals surface area (Å²) >= 11 is 0. The summed E-state index contributed by atoms with van der Waals surface area (Å²) in [5.41, 5.74) is 0.